The van der Waals surface area contributed by atoms with Crippen molar-refractivity contribution in [2.45, 2.75) is 13.3 Å². The van der Waals surface area contributed by atoms with Gasteiger partial charge in [-0.3, -0.25) is 14.3 Å². The molecule has 10 heteroatoms. The molecule has 0 aliphatic rings. The summed E-state index contributed by atoms with van der Waals surface area (Å²) in [5, 5.41) is 5.35. The number of carbonyl (C=O) groups is 2. The van der Waals surface area contributed by atoms with Crippen LogP contribution in [-0.2, 0) is 14.8 Å². The lowest BCUT2D eigenvalue weighted by molar-refractivity contribution is -0.118. The topological polar surface area (TPSA) is 127 Å². The predicted octanol–water partition coefficient (Wildman–Crippen LogP) is 3.70. The van der Waals surface area contributed by atoms with E-state index in [1.165, 1.54) is 6.26 Å². The van der Waals surface area contributed by atoms with Gasteiger partial charge in [-0.2, -0.15) is 0 Å². The summed E-state index contributed by atoms with van der Waals surface area (Å²) in [5.41, 5.74) is 1.41. The maximum absolute atomic E-state index is 12.2. The third kappa shape index (κ3) is 6.88. The second kappa shape index (κ2) is 10.5. The van der Waals surface area contributed by atoms with Crippen molar-refractivity contribution < 1.29 is 27.2 Å². The van der Waals surface area contributed by atoms with Gasteiger partial charge in [-0.25, -0.2) is 8.42 Å². The van der Waals surface area contributed by atoms with Crippen molar-refractivity contribution in [3.63, 3.8) is 0 Å². The number of hydrogen-bond donors (Lipinski definition) is 3. The minimum Gasteiger partial charge on any atom is -0.484 e. The van der Waals surface area contributed by atoms with Gasteiger partial charge in [0, 0.05) is 23.1 Å². The average Bonchev–Trinajstić information content (AvgIpc) is 3.29. The lowest BCUT2D eigenvalue weighted by Gasteiger charge is -2.10. The predicted molar refractivity (Wildman–Crippen MR) is 121 cm³/mol. The Morgan fingerprint density at radius 1 is 0.938 bits per heavy atom. The van der Waals surface area contributed by atoms with Crippen LogP contribution in [0, 0.1) is 0 Å². The number of carbonyl (C=O) groups excluding carboxylic acids is 2. The highest BCUT2D eigenvalue weighted by atomic mass is 32.2. The van der Waals surface area contributed by atoms with E-state index in [0.717, 1.165) is 0 Å². The third-order valence-electron chi connectivity index (χ3n) is 4.12. The Kier molecular flexibility index (Phi) is 7.50. The lowest BCUT2D eigenvalue weighted by atomic mass is 10.3. The fourth-order valence-corrected chi connectivity index (χ4v) is 3.87. The molecule has 2 amide bonds. The van der Waals surface area contributed by atoms with Crippen molar-refractivity contribution in [3.05, 3.63) is 72.7 Å². The first-order valence-corrected chi connectivity index (χ1v) is 11.5. The first-order chi connectivity index (χ1) is 15.3. The molecule has 168 valence electrons. The summed E-state index contributed by atoms with van der Waals surface area (Å²) in [7, 11) is -3.37. The Bertz CT molecular complexity index is 1160. The molecule has 0 bridgehead atoms. The second-order valence-electron chi connectivity index (χ2n) is 6.79. The lowest BCUT2D eigenvalue weighted by Crippen LogP contribution is -2.20. The van der Waals surface area contributed by atoms with Crippen LogP contribution in [-0.4, -0.2) is 32.6 Å². The van der Waals surface area contributed by atoms with Gasteiger partial charge in [0.15, 0.2) is 12.4 Å². The summed E-state index contributed by atoms with van der Waals surface area (Å²) in [6.07, 6.45) is 1.92. The molecular weight excluding hydrogens is 434 g/mol. The Morgan fingerprint density at radius 3 is 2.38 bits per heavy atom. The molecule has 32 heavy (non-hydrogen) atoms. The summed E-state index contributed by atoms with van der Waals surface area (Å²) in [5.74, 6) is -0.172. The number of sulfonamides is 1. The van der Waals surface area contributed by atoms with Crippen LogP contribution in [0.3, 0.4) is 0 Å². The summed E-state index contributed by atoms with van der Waals surface area (Å²) in [6.45, 7) is 1.54. The van der Waals surface area contributed by atoms with Gasteiger partial charge in [-0.05, 0) is 55.0 Å². The molecule has 0 aliphatic carbocycles. The molecule has 3 aromatic rings. The standard InChI is InChI=1S/C22H23N3O6S/c1-2-13-32(28,29)25-17-10-8-16(9-11-17)23-21(26)15-31-19-6-3-5-18(14-19)24-22(27)20-7-4-12-30-20/h3-12,14,25H,2,13,15H2,1H3,(H,23,26)(H,24,27). The summed E-state index contributed by atoms with van der Waals surface area (Å²) in [6, 6.07) is 16.1. The van der Waals surface area contributed by atoms with Gasteiger partial charge in [-0.15, -0.1) is 0 Å². The number of nitrogens with one attached hydrogen (secondary N) is 3. The number of rotatable bonds is 10. The Morgan fingerprint density at radius 2 is 1.69 bits per heavy atom. The Hall–Kier alpha value is -3.79. The normalized spacial score (nSPS) is 10.9. The zero-order valence-corrected chi connectivity index (χ0v) is 18.1. The van der Waals surface area contributed by atoms with Crippen LogP contribution in [0.1, 0.15) is 23.9 Å². The van der Waals surface area contributed by atoms with Crippen LogP contribution in [0.5, 0.6) is 5.75 Å². The quantitative estimate of drug-likeness (QED) is 0.426. The first kappa shape index (κ1) is 22.9. The van der Waals surface area contributed by atoms with Crippen LogP contribution in [0.25, 0.3) is 0 Å². The highest BCUT2D eigenvalue weighted by Crippen LogP contribution is 2.19. The van der Waals surface area contributed by atoms with Crippen LogP contribution in [0.2, 0.25) is 0 Å². The van der Waals surface area contributed by atoms with Crippen molar-refractivity contribution in [1.82, 2.24) is 0 Å². The molecule has 0 saturated carbocycles. The van der Waals surface area contributed by atoms with Crippen LogP contribution in [0.4, 0.5) is 17.1 Å². The highest BCUT2D eigenvalue weighted by molar-refractivity contribution is 7.92. The molecule has 2 aromatic carbocycles. The summed E-state index contributed by atoms with van der Waals surface area (Å²) in [4.78, 5) is 24.2. The smallest absolute Gasteiger partial charge is 0.291 e. The highest BCUT2D eigenvalue weighted by Gasteiger charge is 2.11. The molecule has 1 aromatic heterocycles. The van der Waals surface area contributed by atoms with E-state index in [0.29, 0.717) is 29.2 Å². The summed E-state index contributed by atoms with van der Waals surface area (Å²) >= 11 is 0. The average molecular weight is 458 g/mol. The van der Waals surface area contributed by atoms with Gasteiger partial charge in [0.25, 0.3) is 11.8 Å². The number of hydrogen-bond acceptors (Lipinski definition) is 6. The van der Waals surface area contributed by atoms with Crippen LogP contribution >= 0.6 is 0 Å². The molecular formula is C22H23N3O6S. The molecule has 3 rings (SSSR count). The van der Waals surface area contributed by atoms with E-state index in [4.69, 9.17) is 9.15 Å². The molecule has 0 fully saturated rings. The molecule has 0 spiro atoms. The SMILES string of the molecule is CCCS(=O)(=O)Nc1ccc(NC(=O)COc2cccc(NC(=O)c3ccco3)c2)cc1. The van der Waals surface area contributed by atoms with Gasteiger partial charge >= 0.3 is 0 Å². The van der Waals surface area contributed by atoms with Crippen molar-refractivity contribution >= 4 is 38.9 Å². The van der Waals surface area contributed by atoms with E-state index in [2.05, 4.69) is 15.4 Å². The van der Waals surface area contributed by atoms with Crippen molar-refractivity contribution in [2.75, 3.05) is 27.7 Å². The van der Waals surface area contributed by atoms with Crippen molar-refractivity contribution in [3.8, 4) is 5.75 Å². The fourth-order valence-electron chi connectivity index (χ4n) is 2.73. The molecule has 0 unspecified atom stereocenters. The number of amides is 2. The van der Waals surface area contributed by atoms with Gasteiger partial charge in [-0.1, -0.05) is 13.0 Å². The largest absolute Gasteiger partial charge is 0.484 e. The maximum Gasteiger partial charge on any atom is 0.291 e. The van der Waals surface area contributed by atoms with E-state index in [-0.39, 0.29) is 18.1 Å². The fraction of sp³-hybridized carbons (Fsp3) is 0.182. The Balaban J connectivity index is 1.50. The molecule has 0 atom stereocenters. The van der Waals surface area contributed by atoms with Crippen LogP contribution < -0.4 is 20.1 Å². The van der Waals surface area contributed by atoms with E-state index >= 15 is 0 Å². The van der Waals surface area contributed by atoms with E-state index in [1.54, 1.807) is 67.6 Å². The Labute approximate surface area is 185 Å². The number of benzene rings is 2. The number of furan rings is 1. The van der Waals surface area contributed by atoms with Crippen molar-refractivity contribution in [2.24, 2.45) is 0 Å². The molecule has 9 nitrogen and oxygen atoms in total. The molecule has 1 heterocycles. The minimum absolute atomic E-state index is 0.0382. The van der Waals surface area contributed by atoms with Crippen molar-refractivity contribution in [1.29, 1.82) is 0 Å². The van der Waals surface area contributed by atoms with E-state index in [9.17, 15) is 18.0 Å². The molecule has 0 aliphatic heterocycles. The number of ether oxygens (including phenoxy) is 1. The van der Waals surface area contributed by atoms with E-state index < -0.39 is 21.8 Å². The van der Waals surface area contributed by atoms with E-state index in [1.807, 2.05) is 0 Å². The zero-order valence-electron chi connectivity index (χ0n) is 17.3. The third-order valence-corrected chi connectivity index (χ3v) is 5.61. The molecule has 0 saturated heterocycles. The first-order valence-electron chi connectivity index (χ1n) is 9.83. The van der Waals surface area contributed by atoms with Gasteiger partial charge < -0.3 is 19.8 Å². The molecule has 3 N–H and O–H groups in total. The molecule has 0 radical (unpaired) electrons. The maximum atomic E-state index is 12.2. The number of anilines is 3. The van der Waals surface area contributed by atoms with Crippen LogP contribution in [0.15, 0.2) is 71.3 Å². The zero-order chi connectivity index (χ0) is 23.0. The monoisotopic (exact) mass is 457 g/mol. The minimum atomic E-state index is -3.37. The van der Waals surface area contributed by atoms with Gasteiger partial charge in [0.1, 0.15) is 5.75 Å². The van der Waals surface area contributed by atoms with Gasteiger partial charge in [0.05, 0.1) is 12.0 Å². The second-order valence-corrected chi connectivity index (χ2v) is 8.64. The summed E-state index contributed by atoms with van der Waals surface area (Å²) < 4.78 is 36.6. The van der Waals surface area contributed by atoms with Gasteiger partial charge in [0.2, 0.25) is 10.0 Å².